The van der Waals surface area contributed by atoms with Crippen molar-refractivity contribution in [2.45, 2.75) is 110 Å². The Kier molecular flexibility index (Phi) is 12.3. The van der Waals surface area contributed by atoms with Crippen molar-refractivity contribution in [1.82, 2.24) is 0 Å². The second-order valence-electron chi connectivity index (χ2n) is 12.0. The number of esters is 1. The molecule has 3 aromatic carbocycles. The number of hydrogen-bond donors (Lipinski definition) is 0. The fourth-order valence-corrected chi connectivity index (χ4v) is 6.36. The first-order chi connectivity index (χ1) is 19.7. The van der Waals surface area contributed by atoms with Crippen LogP contribution < -0.4 is 4.74 Å². The van der Waals surface area contributed by atoms with Gasteiger partial charge in [-0.25, -0.2) is 0 Å². The van der Waals surface area contributed by atoms with Crippen LogP contribution in [-0.4, -0.2) is 5.97 Å². The fraction of sp³-hybridized carbons (Fsp3) is 0.500. The molecule has 0 radical (unpaired) electrons. The summed E-state index contributed by atoms with van der Waals surface area (Å²) in [6, 6.07) is 27.7. The summed E-state index contributed by atoms with van der Waals surface area (Å²) in [6.07, 6.45) is 17.3. The first-order valence-corrected chi connectivity index (χ1v) is 16.1. The molecule has 4 rings (SSSR count). The molecule has 0 spiro atoms. The Hall–Kier alpha value is -2.87. The molecule has 40 heavy (non-hydrogen) atoms. The van der Waals surface area contributed by atoms with Gasteiger partial charge >= 0.3 is 5.97 Å². The number of rotatable bonds is 15. The minimum Gasteiger partial charge on any atom is -0.426 e. The van der Waals surface area contributed by atoms with Gasteiger partial charge in [0.1, 0.15) is 5.75 Å². The van der Waals surface area contributed by atoms with Crippen molar-refractivity contribution in [2.75, 3.05) is 0 Å². The first-order valence-electron chi connectivity index (χ1n) is 16.1. The van der Waals surface area contributed by atoms with E-state index in [-0.39, 0.29) is 11.9 Å². The predicted octanol–water partition coefficient (Wildman–Crippen LogP) is 10.9. The van der Waals surface area contributed by atoms with Crippen molar-refractivity contribution >= 4 is 5.97 Å². The van der Waals surface area contributed by atoms with Gasteiger partial charge in [-0.2, -0.15) is 0 Å². The van der Waals surface area contributed by atoms with Crippen LogP contribution in [0.2, 0.25) is 0 Å². The third kappa shape index (κ3) is 9.36. The topological polar surface area (TPSA) is 26.3 Å². The van der Waals surface area contributed by atoms with E-state index in [9.17, 15) is 4.79 Å². The number of hydrogen-bond acceptors (Lipinski definition) is 2. The summed E-state index contributed by atoms with van der Waals surface area (Å²) in [4.78, 5) is 12.9. The lowest BCUT2D eigenvalue weighted by Crippen LogP contribution is -2.20. The van der Waals surface area contributed by atoms with E-state index in [1.807, 2.05) is 18.2 Å². The van der Waals surface area contributed by atoms with Gasteiger partial charge in [0.05, 0.1) is 5.92 Å². The van der Waals surface area contributed by atoms with Crippen LogP contribution in [0.25, 0.3) is 11.1 Å². The number of ether oxygens (including phenoxy) is 1. The number of carbonyl (C=O) groups is 1. The van der Waals surface area contributed by atoms with Gasteiger partial charge in [0, 0.05) is 0 Å². The van der Waals surface area contributed by atoms with Crippen LogP contribution in [0.4, 0.5) is 0 Å². The molecule has 0 N–H and O–H groups in total. The van der Waals surface area contributed by atoms with Crippen molar-refractivity contribution in [2.24, 2.45) is 11.8 Å². The predicted molar refractivity (Wildman–Crippen MR) is 169 cm³/mol. The highest BCUT2D eigenvalue weighted by Crippen LogP contribution is 2.38. The molecule has 1 atom stereocenters. The van der Waals surface area contributed by atoms with Crippen LogP contribution in [0.5, 0.6) is 5.75 Å². The second kappa shape index (κ2) is 16.4. The maximum absolute atomic E-state index is 12.9. The molecule has 0 aliphatic heterocycles. The highest BCUT2D eigenvalue weighted by Gasteiger charge is 2.23. The average molecular weight is 539 g/mol. The molecule has 2 nitrogen and oxygen atoms in total. The van der Waals surface area contributed by atoms with E-state index in [2.05, 4.69) is 74.5 Å². The number of unbranched alkanes of at least 4 members (excludes halogenated alkanes) is 4. The SMILES string of the molecule is CCCCCCC[C@H]1CC[C@H](c2ccc(OC(=O)C(CC)CCCc3ccc(-c4ccccc4)cc3)cc2)CC1. The van der Waals surface area contributed by atoms with Gasteiger partial charge in [0.25, 0.3) is 0 Å². The second-order valence-corrected chi connectivity index (χ2v) is 12.0. The van der Waals surface area contributed by atoms with E-state index in [1.54, 1.807) is 0 Å². The molecule has 1 aliphatic carbocycles. The quantitative estimate of drug-likeness (QED) is 0.109. The Morgan fingerprint density at radius 3 is 2.10 bits per heavy atom. The van der Waals surface area contributed by atoms with E-state index >= 15 is 0 Å². The van der Waals surface area contributed by atoms with Crippen LogP contribution in [-0.2, 0) is 11.2 Å². The summed E-state index contributed by atoms with van der Waals surface area (Å²) in [7, 11) is 0. The number of carbonyl (C=O) groups excluding carboxylic acids is 1. The number of benzene rings is 3. The summed E-state index contributed by atoms with van der Waals surface area (Å²) in [5, 5.41) is 0. The Bertz CT molecular complexity index is 1110. The van der Waals surface area contributed by atoms with E-state index in [0.717, 1.165) is 31.6 Å². The maximum atomic E-state index is 12.9. The molecule has 3 aromatic rings. The Morgan fingerprint density at radius 2 is 1.43 bits per heavy atom. The molecular weight excluding hydrogens is 488 g/mol. The monoisotopic (exact) mass is 538 g/mol. The summed E-state index contributed by atoms with van der Waals surface area (Å²) in [5.41, 5.74) is 5.21. The first kappa shape index (κ1) is 30.1. The number of aryl methyl sites for hydroxylation is 1. The van der Waals surface area contributed by atoms with Gasteiger partial charge < -0.3 is 4.74 Å². The standard InChI is InChI=1S/C38H50O2/c1-3-5-6-7-9-13-30-18-24-35(25-19-30)36-26-28-37(29-27-36)40-38(39)32(4-2)17-12-14-31-20-22-34(23-21-31)33-15-10-8-11-16-33/h8,10-11,15-16,20-23,26-30,32,35H,3-7,9,12-14,17-19,24-25H2,1-2H3/t30-,32?,35-. The molecule has 0 bridgehead atoms. The average Bonchev–Trinajstić information content (AvgIpc) is 3.01. The van der Waals surface area contributed by atoms with Crippen molar-refractivity contribution < 1.29 is 9.53 Å². The molecule has 0 saturated heterocycles. The lowest BCUT2D eigenvalue weighted by Gasteiger charge is -2.29. The van der Waals surface area contributed by atoms with Gasteiger partial charge in [0.2, 0.25) is 0 Å². The molecule has 0 heterocycles. The summed E-state index contributed by atoms with van der Waals surface area (Å²) < 4.78 is 5.83. The van der Waals surface area contributed by atoms with Gasteiger partial charge in [-0.05, 0) is 97.6 Å². The third-order valence-corrected chi connectivity index (χ3v) is 9.04. The van der Waals surface area contributed by atoms with E-state index in [1.165, 1.54) is 86.5 Å². The summed E-state index contributed by atoms with van der Waals surface area (Å²) in [5.74, 6) is 2.13. The van der Waals surface area contributed by atoms with Crippen LogP contribution in [0, 0.1) is 11.8 Å². The zero-order chi connectivity index (χ0) is 28.0. The van der Waals surface area contributed by atoms with Crippen LogP contribution in [0.3, 0.4) is 0 Å². The highest BCUT2D eigenvalue weighted by atomic mass is 16.5. The van der Waals surface area contributed by atoms with Gasteiger partial charge in [-0.1, -0.05) is 119 Å². The molecule has 1 saturated carbocycles. The molecule has 214 valence electrons. The molecule has 2 heteroatoms. The van der Waals surface area contributed by atoms with Crippen LogP contribution in [0.1, 0.15) is 114 Å². The maximum Gasteiger partial charge on any atom is 0.314 e. The van der Waals surface area contributed by atoms with Crippen LogP contribution >= 0.6 is 0 Å². The molecule has 0 aromatic heterocycles. The molecular formula is C38H50O2. The van der Waals surface area contributed by atoms with Gasteiger partial charge in [-0.15, -0.1) is 0 Å². The summed E-state index contributed by atoms with van der Waals surface area (Å²) >= 11 is 0. The molecule has 1 unspecified atom stereocenters. The van der Waals surface area contributed by atoms with E-state index in [4.69, 9.17) is 4.74 Å². The Morgan fingerprint density at radius 1 is 0.750 bits per heavy atom. The highest BCUT2D eigenvalue weighted by molar-refractivity contribution is 5.75. The van der Waals surface area contributed by atoms with E-state index in [0.29, 0.717) is 11.7 Å². The minimum absolute atomic E-state index is 0.0551. The van der Waals surface area contributed by atoms with Crippen molar-refractivity contribution in [3.63, 3.8) is 0 Å². The van der Waals surface area contributed by atoms with E-state index < -0.39 is 0 Å². The van der Waals surface area contributed by atoms with Crippen LogP contribution in [0.15, 0.2) is 78.9 Å². The Labute approximate surface area is 243 Å². The fourth-order valence-electron chi connectivity index (χ4n) is 6.36. The lowest BCUT2D eigenvalue weighted by atomic mass is 9.77. The van der Waals surface area contributed by atoms with Gasteiger partial charge in [0.15, 0.2) is 0 Å². The molecule has 0 amide bonds. The minimum atomic E-state index is -0.0888. The summed E-state index contributed by atoms with van der Waals surface area (Å²) in [6.45, 7) is 4.38. The molecule has 1 fully saturated rings. The molecule has 1 aliphatic rings. The lowest BCUT2D eigenvalue weighted by molar-refractivity contribution is -0.139. The zero-order valence-corrected chi connectivity index (χ0v) is 25.0. The Balaban J connectivity index is 1.17. The van der Waals surface area contributed by atoms with Gasteiger partial charge in [-0.3, -0.25) is 4.79 Å². The smallest absolute Gasteiger partial charge is 0.314 e. The van der Waals surface area contributed by atoms with Crippen molar-refractivity contribution in [3.05, 3.63) is 90.0 Å². The zero-order valence-electron chi connectivity index (χ0n) is 25.0. The third-order valence-electron chi connectivity index (χ3n) is 9.04. The van der Waals surface area contributed by atoms with Crippen molar-refractivity contribution in [1.29, 1.82) is 0 Å². The van der Waals surface area contributed by atoms with Crippen molar-refractivity contribution in [3.8, 4) is 16.9 Å². The largest absolute Gasteiger partial charge is 0.426 e. The normalized spacial score (nSPS) is 17.9.